The van der Waals surface area contributed by atoms with Gasteiger partial charge >= 0.3 is 0 Å². The van der Waals surface area contributed by atoms with Gasteiger partial charge in [-0.25, -0.2) is 4.98 Å². The number of rotatable bonds is 6. The molecule has 0 saturated heterocycles. The number of phenols is 1. The summed E-state index contributed by atoms with van der Waals surface area (Å²) in [7, 11) is 0. The zero-order valence-corrected chi connectivity index (χ0v) is 18.1. The topological polar surface area (TPSA) is 83.3 Å². The molecule has 0 aliphatic carbocycles. The Hall–Kier alpha value is -3.97. The van der Waals surface area contributed by atoms with Crippen molar-refractivity contribution in [2.45, 2.75) is 25.7 Å². The zero-order chi connectivity index (χ0) is 22.6. The number of imidazole rings is 1. The molecular formula is C26H25N5O2. The van der Waals surface area contributed by atoms with Gasteiger partial charge in [0.2, 0.25) is 0 Å². The van der Waals surface area contributed by atoms with Gasteiger partial charge in [-0.15, -0.1) is 0 Å². The van der Waals surface area contributed by atoms with Crippen molar-refractivity contribution in [3.05, 3.63) is 114 Å². The van der Waals surface area contributed by atoms with Gasteiger partial charge in [0, 0.05) is 44.8 Å². The first-order chi connectivity index (χ1) is 16.2. The van der Waals surface area contributed by atoms with Crippen LogP contribution in [-0.4, -0.2) is 37.0 Å². The minimum atomic E-state index is -0.202. The van der Waals surface area contributed by atoms with Crippen molar-refractivity contribution in [3.63, 3.8) is 0 Å². The lowest BCUT2D eigenvalue weighted by atomic mass is 10.0. The Bertz CT molecular complexity index is 1240. The summed E-state index contributed by atoms with van der Waals surface area (Å²) in [5.74, 6) is 0.904. The Labute approximate surface area is 192 Å². The first-order valence-electron chi connectivity index (χ1n) is 11.0. The molecular weight excluding hydrogens is 414 g/mol. The number of phenolic OH excluding ortho intramolecular Hbond substituents is 1. The fourth-order valence-electron chi connectivity index (χ4n) is 4.30. The molecule has 2 aromatic heterocycles. The summed E-state index contributed by atoms with van der Waals surface area (Å²) in [6.45, 7) is 2.61. The number of aromatic hydroxyl groups is 1. The van der Waals surface area contributed by atoms with Crippen molar-refractivity contribution in [3.8, 4) is 5.75 Å². The van der Waals surface area contributed by atoms with Gasteiger partial charge in [0.1, 0.15) is 17.3 Å². The molecule has 2 N–H and O–H groups in total. The smallest absolute Gasteiger partial charge is 0.271 e. The Morgan fingerprint density at radius 2 is 1.88 bits per heavy atom. The average Bonchev–Trinajstić information content (AvgIpc) is 3.28. The molecule has 0 fully saturated rings. The largest absolute Gasteiger partial charge is 0.508 e. The quantitative estimate of drug-likeness (QED) is 0.480. The summed E-state index contributed by atoms with van der Waals surface area (Å²) in [4.78, 5) is 24.0. The van der Waals surface area contributed by atoms with E-state index in [4.69, 9.17) is 4.98 Å². The summed E-state index contributed by atoms with van der Waals surface area (Å²) in [6, 6.07) is 21.2. The standard InChI is InChI=1S/C26H25N5O2/c32-22-10-4-6-19(14-22)17-30-12-13-31-18-23(26(33)28-16-20-7-5-11-27-15-20)29-25(31)24(30)21-8-2-1-3-9-21/h1-11,14-15,18,24,32H,12-13,16-17H2,(H,28,33). The van der Waals surface area contributed by atoms with Gasteiger partial charge in [0.15, 0.2) is 0 Å². The third-order valence-electron chi connectivity index (χ3n) is 5.87. The lowest BCUT2D eigenvalue weighted by Gasteiger charge is -2.36. The molecule has 0 bridgehead atoms. The highest BCUT2D eigenvalue weighted by atomic mass is 16.3. The number of hydrogen-bond donors (Lipinski definition) is 2. The van der Waals surface area contributed by atoms with Crippen LogP contribution in [0.15, 0.2) is 85.3 Å². The summed E-state index contributed by atoms with van der Waals surface area (Å²) >= 11 is 0. The van der Waals surface area contributed by atoms with E-state index in [0.717, 1.165) is 35.6 Å². The number of nitrogens with zero attached hydrogens (tertiary/aromatic N) is 4. The molecule has 1 aliphatic rings. The lowest BCUT2D eigenvalue weighted by Crippen LogP contribution is -2.38. The van der Waals surface area contributed by atoms with Gasteiger partial charge in [0.05, 0.1) is 6.04 Å². The van der Waals surface area contributed by atoms with Gasteiger partial charge in [0.25, 0.3) is 5.91 Å². The molecule has 7 nitrogen and oxygen atoms in total. The zero-order valence-electron chi connectivity index (χ0n) is 18.1. The molecule has 1 atom stereocenters. The average molecular weight is 440 g/mol. The van der Waals surface area contributed by atoms with Crippen LogP contribution in [0.5, 0.6) is 5.75 Å². The highest BCUT2D eigenvalue weighted by Gasteiger charge is 2.32. The van der Waals surface area contributed by atoms with Gasteiger partial charge in [-0.1, -0.05) is 48.5 Å². The third-order valence-corrected chi connectivity index (χ3v) is 5.87. The second-order valence-electron chi connectivity index (χ2n) is 8.18. The molecule has 4 aromatic rings. The number of aromatic nitrogens is 3. The van der Waals surface area contributed by atoms with Gasteiger partial charge in [-0.05, 0) is 34.9 Å². The Morgan fingerprint density at radius 1 is 1.03 bits per heavy atom. The Balaban J connectivity index is 1.42. The van der Waals surface area contributed by atoms with E-state index in [0.29, 0.717) is 18.8 Å². The molecule has 3 heterocycles. The molecule has 2 aromatic carbocycles. The van der Waals surface area contributed by atoms with Crippen LogP contribution < -0.4 is 5.32 Å². The number of carbonyl (C=O) groups excluding carboxylic acids is 1. The Morgan fingerprint density at radius 3 is 2.67 bits per heavy atom. The van der Waals surface area contributed by atoms with Gasteiger partial charge < -0.3 is 15.0 Å². The molecule has 1 unspecified atom stereocenters. The van der Waals surface area contributed by atoms with Gasteiger partial charge in [-0.3, -0.25) is 14.7 Å². The summed E-state index contributed by atoms with van der Waals surface area (Å²) < 4.78 is 2.08. The van der Waals surface area contributed by atoms with E-state index in [-0.39, 0.29) is 17.7 Å². The maximum absolute atomic E-state index is 12.8. The Kier molecular flexibility index (Phi) is 5.87. The molecule has 0 spiro atoms. The number of amides is 1. The first kappa shape index (κ1) is 20.9. The monoisotopic (exact) mass is 439 g/mol. The van der Waals surface area contributed by atoms with E-state index >= 15 is 0 Å². The van der Waals surface area contributed by atoms with Crippen LogP contribution in [0.2, 0.25) is 0 Å². The molecule has 7 heteroatoms. The van der Waals surface area contributed by atoms with Crippen LogP contribution in [0.4, 0.5) is 0 Å². The fourth-order valence-corrected chi connectivity index (χ4v) is 4.30. The van der Waals surface area contributed by atoms with Crippen LogP contribution in [0.1, 0.15) is 39.0 Å². The summed E-state index contributed by atoms with van der Waals surface area (Å²) in [5.41, 5.74) is 3.50. The second kappa shape index (κ2) is 9.26. The summed E-state index contributed by atoms with van der Waals surface area (Å²) in [5, 5.41) is 12.8. The number of hydrogen-bond acceptors (Lipinski definition) is 5. The van der Waals surface area contributed by atoms with E-state index in [2.05, 4.69) is 31.9 Å². The third kappa shape index (κ3) is 4.63. The van der Waals surface area contributed by atoms with Gasteiger partial charge in [-0.2, -0.15) is 0 Å². The minimum Gasteiger partial charge on any atom is -0.508 e. The predicted octanol–water partition coefficient (Wildman–Crippen LogP) is 3.52. The van der Waals surface area contributed by atoms with Crippen LogP contribution >= 0.6 is 0 Å². The van der Waals surface area contributed by atoms with Crippen molar-refractivity contribution >= 4 is 5.91 Å². The van der Waals surface area contributed by atoms with E-state index in [9.17, 15) is 9.90 Å². The van der Waals surface area contributed by atoms with Crippen LogP contribution in [-0.2, 0) is 19.6 Å². The fraction of sp³-hybridized carbons (Fsp3) is 0.192. The number of nitrogens with one attached hydrogen (secondary N) is 1. The van der Waals surface area contributed by atoms with Crippen LogP contribution in [0, 0.1) is 0 Å². The van der Waals surface area contributed by atoms with Crippen molar-refractivity contribution < 1.29 is 9.90 Å². The number of benzene rings is 2. The predicted molar refractivity (Wildman–Crippen MR) is 124 cm³/mol. The lowest BCUT2D eigenvalue weighted by molar-refractivity contribution is 0.0946. The molecule has 1 aliphatic heterocycles. The van der Waals surface area contributed by atoms with Crippen molar-refractivity contribution in [1.82, 2.24) is 24.8 Å². The number of carbonyl (C=O) groups is 1. The molecule has 0 saturated carbocycles. The number of pyridine rings is 1. The highest BCUT2D eigenvalue weighted by molar-refractivity contribution is 5.92. The SMILES string of the molecule is O=C(NCc1cccnc1)c1cn2c(n1)C(c1ccccc1)N(Cc1cccc(O)c1)CC2. The molecule has 166 valence electrons. The van der Waals surface area contributed by atoms with Crippen LogP contribution in [0.3, 0.4) is 0 Å². The summed E-state index contributed by atoms with van der Waals surface area (Å²) in [6.07, 6.45) is 5.29. The van der Waals surface area contributed by atoms with E-state index in [1.807, 2.05) is 48.7 Å². The molecule has 1 amide bonds. The van der Waals surface area contributed by atoms with Crippen LogP contribution in [0.25, 0.3) is 0 Å². The van der Waals surface area contributed by atoms with Crippen molar-refractivity contribution in [1.29, 1.82) is 0 Å². The molecule has 0 radical (unpaired) electrons. The number of fused-ring (bicyclic) bond motifs is 1. The minimum absolute atomic E-state index is 0.0952. The first-order valence-corrected chi connectivity index (χ1v) is 11.0. The molecule has 5 rings (SSSR count). The maximum Gasteiger partial charge on any atom is 0.271 e. The van der Waals surface area contributed by atoms with E-state index in [1.165, 1.54) is 0 Å². The van der Waals surface area contributed by atoms with E-state index in [1.54, 1.807) is 24.5 Å². The normalized spacial score (nSPS) is 15.7. The van der Waals surface area contributed by atoms with E-state index < -0.39 is 0 Å². The van der Waals surface area contributed by atoms with Crippen molar-refractivity contribution in [2.24, 2.45) is 0 Å². The maximum atomic E-state index is 12.8. The second-order valence-corrected chi connectivity index (χ2v) is 8.18. The van der Waals surface area contributed by atoms with Crippen molar-refractivity contribution in [2.75, 3.05) is 6.54 Å². The molecule has 33 heavy (non-hydrogen) atoms. The highest BCUT2D eigenvalue weighted by Crippen LogP contribution is 2.33.